The fourth-order valence-corrected chi connectivity index (χ4v) is 2.13. The van der Waals surface area contributed by atoms with Crippen molar-refractivity contribution in [3.05, 3.63) is 17.7 Å². The van der Waals surface area contributed by atoms with Gasteiger partial charge in [0.1, 0.15) is 16.7 Å². The Morgan fingerprint density at radius 1 is 1.57 bits per heavy atom. The fourth-order valence-electron chi connectivity index (χ4n) is 1.40. The molecule has 1 aromatic rings. The summed E-state index contributed by atoms with van der Waals surface area (Å²) in [6.07, 6.45) is 0. The van der Waals surface area contributed by atoms with E-state index < -0.39 is 16.0 Å². The van der Waals surface area contributed by atoms with E-state index in [1.165, 1.54) is 19.2 Å². The molecule has 0 saturated heterocycles. The summed E-state index contributed by atoms with van der Waals surface area (Å²) in [6.45, 7) is 1.56. The third-order valence-electron chi connectivity index (χ3n) is 2.44. The molecular formula is C11H13N5O4S. The molecule has 0 saturated carbocycles. The second-order valence-corrected chi connectivity index (χ2v) is 5.28. The molecule has 0 aliphatic carbocycles. The molecule has 21 heavy (non-hydrogen) atoms. The van der Waals surface area contributed by atoms with Gasteiger partial charge in [0.25, 0.3) is 10.1 Å². The van der Waals surface area contributed by atoms with Crippen LogP contribution in [0.5, 0.6) is 5.75 Å². The van der Waals surface area contributed by atoms with Crippen LogP contribution in [0.25, 0.3) is 0 Å². The highest BCUT2D eigenvalue weighted by molar-refractivity contribution is 7.86. The van der Waals surface area contributed by atoms with Crippen LogP contribution in [0.3, 0.4) is 0 Å². The van der Waals surface area contributed by atoms with Crippen LogP contribution in [-0.2, 0) is 10.1 Å². The lowest BCUT2D eigenvalue weighted by molar-refractivity contribution is 0.397. The topological polar surface area (TPSA) is 162 Å². The first kappa shape index (κ1) is 16.4. The molecule has 0 amide bonds. The number of anilines is 1. The fraction of sp³-hybridized carbons (Fsp3) is 0.182. The standard InChI is InChI=1S/C11H13N5O4S/c1-6-3-10(21(17,18)19)9(20-2)4-7(6)15-16-8(5-12)11(13)14/h3-4,15H,1-2H3,(H3,13,14)(H,17,18,19)/b16-8+. The molecule has 10 heteroatoms. The van der Waals surface area contributed by atoms with E-state index >= 15 is 0 Å². The maximum absolute atomic E-state index is 11.2. The molecule has 0 unspecified atom stereocenters. The van der Waals surface area contributed by atoms with Crippen LogP contribution < -0.4 is 15.9 Å². The van der Waals surface area contributed by atoms with Gasteiger partial charge in [0, 0.05) is 6.07 Å². The number of aryl methyl sites for hydroxylation is 1. The molecule has 0 atom stereocenters. The van der Waals surface area contributed by atoms with Crippen molar-refractivity contribution in [3.63, 3.8) is 0 Å². The molecule has 0 fully saturated rings. The summed E-state index contributed by atoms with van der Waals surface area (Å²) >= 11 is 0. The van der Waals surface area contributed by atoms with E-state index in [0.717, 1.165) is 0 Å². The predicted octanol–water partition coefficient (Wildman–Crippen LogP) is 0.478. The number of benzene rings is 1. The number of nitriles is 1. The molecule has 0 heterocycles. The number of amidine groups is 1. The summed E-state index contributed by atoms with van der Waals surface area (Å²) in [5.74, 6) is -0.605. The molecule has 112 valence electrons. The molecule has 1 aromatic carbocycles. The molecule has 9 nitrogen and oxygen atoms in total. The van der Waals surface area contributed by atoms with E-state index in [1.54, 1.807) is 13.0 Å². The summed E-state index contributed by atoms with van der Waals surface area (Å²) in [7, 11) is -3.19. The number of rotatable bonds is 5. The average Bonchev–Trinajstić information content (AvgIpc) is 2.39. The van der Waals surface area contributed by atoms with Crippen molar-refractivity contribution in [1.82, 2.24) is 0 Å². The van der Waals surface area contributed by atoms with E-state index in [2.05, 4.69) is 10.5 Å². The Labute approximate surface area is 121 Å². The van der Waals surface area contributed by atoms with Gasteiger partial charge in [-0.05, 0) is 18.6 Å². The number of hydrazone groups is 1. The van der Waals surface area contributed by atoms with Gasteiger partial charge in [-0.3, -0.25) is 15.4 Å². The minimum atomic E-state index is -4.43. The number of nitrogens with zero attached hydrogens (tertiary/aromatic N) is 2. The van der Waals surface area contributed by atoms with Gasteiger partial charge in [-0.1, -0.05) is 0 Å². The lowest BCUT2D eigenvalue weighted by Crippen LogP contribution is -2.22. The number of nitrogens with one attached hydrogen (secondary N) is 2. The summed E-state index contributed by atoms with van der Waals surface area (Å²) in [4.78, 5) is -0.385. The van der Waals surface area contributed by atoms with Gasteiger partial charge in [-0.25, -0.2) is 0 Å². The lowest BCUT2D eigenvalue weighted by atomic mass is 10.2. The predicted molar refractivity (Wildman–Crippen MR) is 76.1 cm³/mol. The number of methoxy groups -OCH3 is 1. The summed E-state index contributed by atoms with van der Waals surface area (Å²) < 4.78 is 36.4. The Balaban J connectivity index is 3.30. The monoisotopic (exact) mass is 311 g/mol. The first-order valence-electron chi connectivity index (χ1n) is 5.45. The Kier molecular flexibility index (Phi) is 4.85. The van der Waals surface area contributed by atoms with Crippen LogP contribution >= 0.6 is 0 Å². The highest BCUT2D eigenvalue weighted by Gasteiger charge is 2.18. The van der Waals surface area contributed by atoms with Crippen molar-refractivity contribution in [2.75, 3.05) is 12.5 Å². The summed E-state index contributed by atoms with van der Waals surface area (Å²) in [6, 6.07) is 4.10. The first-order chi connectivity index (χ1) is 9.70. The number of ether oxygens (including phenoxy) is 1. The van der Waals surface area contributed by atoms with Gasteiger partial charge < -0.3 is 10.5 Å². The zero-order chi connectivity index (χ0) is 16.2. The van der Waals surface area contributed by atoms with Crippen LogP contribution in [-0.4, -0.2) is 31.6 Å². The van der Waals surface area contributed by atoms with Crippen molar-refractivity contribution in [2.45, 2.75) is 11.8 Å². The normalized spacial score (nSPS) is 11.6. The van der Waals surface area contributed by atoms with Crippen LogP contribution in [0.4, 0.5) is 5.69 Å². The Bertz CT molecular complexity index is 749. The van der Waals surface area contributed by atoms with Gasteiger partial charge in [0.15, 0.2) is 5.84 Å². The van der Waals surface area contributed by atoms with Gasteiger partial charge in [0.2, 0.25) is 5.71 Å². The summed E-state index contributed by atoms with van der Waals surface area (Å²) in [5.41, 5.74) is 8.05. The van der Waals surface area contributed by atoms with Crippen LogP contribution in [0, 0.1) is 23.7 Å². The largest absolute Gasteiger partial charge is 0.495 e. The molecule has 5 N–H and O–H groups in total. The van der Waals surface area contributed by atoms with Crippen molar-refractivity contribution in [1.29, 1.82) is 10.7 Å². The lowest BCUT2D eigenvalue weighted by Gasteiger charge is -2.11. The van der Waals surface area contributed by atoms with E-state index in [-0.39, 0.29) is 16.4 Å². The Morgan fingerprint density at radius 3 is 2.62 bits per heavy atom. The zero-order valence-corrected chi connectivity index (χ0v) is 12.0. The number of nitrogens with two attached hydrogens (primary N) is 1. The second kappa shape index (κ2) is 6.21. The van der Waals surface area contributed by atoms with Gasteiger partial charge in [-0.2, -0.15) is 18.8 Å². The minimum absolute atomic E-state index is 0.0952. The molecule has 0 aliphatic rings. The third-order valence-corrected chi connectivity index (χ3v) is 3.31. The van der Waals surface area contributed by atoms with Gasteiger partial charge in [0.05, 0.1) is 12.8 Å². The highest BCUT2D eigenvalue weighted by atomic mass is 32.2. The smallest absolute Gasteiger partial charge is 0.298 e. The number of hydrogen-bond donors (Lipinski definition) is 4. The van der Waals surface area contributed by atoms with E-state index in [1.807, 2.05) is 0 Å². The molecule has 0 spiro atoms. The molecule has 0 aliphatic heterocycles. The summed E-state index contributed by atoms with van der Waals surface area (Å²) in [5, 5.41) is 19.5. The Hall–Kier alpha value is -2.64. The van der Waals surface area contributed by atoms with Crippen molar-refractivity contribution in [3.8, 4) is 11.8 Å². The van der Waals surface area contributed by atoms with Crippen LogP contribution in [0.1, 0.15) is 5.56 Å². The van der Waals surface area contributed by atoms with Crippen LogP contribution in [0.2, 0.25) is 0 Å². The highest BCUT2D eigenvalue weighted by Crippen LogP contribution is 2.30. The molecule has 0 radical (unpaired) electrons. The van der Waals surface area contributed by atoms with Crippen molar-refractivity contribution >= 4 is 27.4 Å². The maximum atomic E-state index is 11.2. The quantitative estimate of drug-likeness (QED) is 0.266. The Morgan fingerprint density at radius 2 is 2.19 bits per heavy atom. The van der Waals surface area contributed by atoms with E-state index in [4.69, 9.17) is 25.7 Å². The average molecular weight is 311 g/mol. The van der Waals surface area contributed by atoms with Gasteiger partial charge >= 0.3 is 0 Å². The second-order valence-electron chi connectivity index (χ2n) is 3.89. The molecule has 0 bridgehead atoms. The van der Waals surface area contributed by atoms with Crippen molar-refractivity contribution in [2.24, 2.45) is 10.8 Å². The molecular weight excluding hydrogens is 298 g/mol. The third kappa shape index (κ3) is 3.91. The van der Waals surface area contributed by atoms with Crippen LogP contribution in [0.15, 0.2) is 22.1 Å². The molecule has 0 aromatic heterocycles. The maximum Gasteiger partial charge on any atom is 0.298 e. The van der Waals surface area contributed by atoms with Crippen molar-refractivity contribution < 1.29 is 17.7 Å². The van der Waals surface area contributed by atoms with E-state index in [0.29, 0.717) is 11.3 Å². The number of hydrogen-bond acceptors (Lipinski definition) is 7. The SMILES string of the molecule is COc1cc(N/N=C(\C#N)C(=N)N)c(C)cc1S(=O)(=O)O. The zero-order valence-electron chi connectivity index (χ0n) is 11.2. The van der Waals surface area contributed by atoms with Gasteiger partial charge in [-0.15, -0.1) is 0 Å². The molecule has 1 rings (SSSR count). The minimum Gasteiger partial charge on any atom is -0.495 e. The first-order valence-corrected chi connectivity index (χ1v) is 6.89. The van der Waals surface area contributed by atoms with E-state index in [9.17, 15) is 8.42 Å².